The molecular formula is C34H45N7O. The van der Waals surface area contributed by atoms with Crippen LogP contribution < -0.4 is 21.3 Å². The Kier molecular flexibility index (Phi) is 9.74. The zero-order valence-corrected chi connectivity index (χ0v) is 25.5. The van der Waals surface area contributed by atoms with E-state index in [1.54, 1.807) is 7.05 Å². The second-order valence-electron chi connectivity index (χ2n) is 11.6. The van der Waals surface area contributed by atoms with Gasteiger partial charge in [-0.05, 0) is 98.5 Å². The van der Waals surface area contributed by atoms with Crippen LogP contribution in [0, 0.1) is 16.7 Å². The summed E-state index contributed by atoms with van der Waals surface area (Å²) in [7, 11) is 3.52. The molecule has 1 amide bonds. The Balaban J connectivity index is 1.77. The van der Waals surface area contributed by atoms with Gasteiger partial charge < -0.3 is 26.2 Å². The van der Waals surface area contributed by atoms with Gasteiger partial charge in [-0.1, -0.05) is 31.4 Å². The number of fused-ring (bicyclic) bond motifs is 2. The van der Waals surface area contributed by atoms with Crippen LogP contribution in [0.15, 0.2) is 55.3 Å². The Morgan fingerprint density at radius 3 is 2.33 bits per heavy atom. The molecular weight excluding hydrogens is 522 g/mol. The molecule has 4 rings (SSSR count). The number of amidine groups is 1. The summed E-state index contributed by atoms with van der Waals surface area (Å²) in [5.41, 5.74) is 7.07. The summed E-state index contributed by atoms with van der Waals surface area (Å²) in [6, 6.07) is 14.7. The van der Waals surface area contributed by atoms with E-state index in [-0.39, 0.29) is 18.0 Å². The molecule has 1 aliphatic heterocycles. The van der Waals surface area contributed by atoms with Crippen LogP contribution >= 0.6 is 0 Å². The first-order valence-electron chi connectivity index (χ1n) is 14.9. The highest BCUT2D eigenvalue weighted by molar-refractivity contribution is 5.97. The average molecular weight is 568 g/mol. The van der Waals surface area contributed by atoms with E-state index in [4.69, 9.17) is 0 Å². The van der Waals surface area contributed by atoms with Gasteiger partial charge in [-0.25, -0.2) is 0 Å². The van der Waals surface area contributed by atoms with Crippen LogP contribution in [0.2, 0.25) is 0 Å². The number of nitrogens with zero attached hydrogens (tertiary/aromatic N) is 2. The number of nitrogens with one attached hydrogen (secondary N) is 5. The average Bonchev–Trinajstić information content (AvgIpc) is 3.43. The van der Waals surface area contributed by atoms with Crippen molar-refractivity contribution in [1.29, 1.82) is 10.7 Å². The molecule has 0 radical (unpaired) electrons. The second kappa shape index (κ2) is 13.3. The third-order valence-corrected chi connectivity index (χ3v) is 8.61. The first-order chi connectivity index (χ1) is 20.2. The molecule has 8 heteroatoms. The molecule has 0 spiro atoms. The second-order valence-corrected chi connectivity index (χ2v) is 11.6. The molecule has 1 saturated heterocycles. The number of rotatable bonds is 11. The first-order valence-corrected chi connectivity index (χ1v) is 14.9. The predicted octanol–water partition coefficient (Wildman–Crippen LogP) is 4.08. The Labute approximate surface area is 250 Å². The van der Waals surface area contributed by atoms with Gasteiger partial charge >= 0.3 is 0 Å². The van der Waals surface area contributed by atoms with Crippen molar-refractivity contribution < 1.29 is 4.79 Å². The van der Waals surface area contributed by atoms with Gasteiger partial charge in [0.15, 0.2) is 0 Å². The van der Waals surface area contributed by atoms with Gasteiger partial charge in [0.2, 0.25) is 0 Å². The van der Waals surface area contributed by atoms with E-state index in [0.29, 0.717) is 30.9 Å². The number of amides is 1. The maximum atomic E-state index is 12.6. The van der Waals surface area contributed by atoms with Crippen molar-refractivity contribution in [2.45, 2.75) is 63.5 Å². The van der Waals surface area contributed by atoms with Gasteiger partial charge in [0.05, 0.1) is 11.5 Å². The number of carbonyl (C=O) groups is 1. The fraction of sp³-hybridized carbons (Fsp3) is 0.441. The number of hydrogen-bond acceptors (Lipinski definition) is 6. The van der Waals surface area contributed by atoms with E-state index in [0.717, 1.165) is 65.9 Å². The minimum Gasteiger partial charge on any atom is -0.388 e. The fourth-order valence-electron chi connectivity index (χ4n) is 6.43. The molecule has 42 heavy (non-hydrogen) atoms. The highest BCUT2D eigenvalue weighted by Gasteiger charge is 2.43. The van der Waals surface area contributed by atoms with Crippen molar-refractivity contribution >= 4 is 17.4 Å². The van der Waals surface area contributed by atoms with E-state index < -0.39 is 5.41 Å². The minimum absolute atomic E-state index is 0.0730. The summed E-state index contributed by atoms with van der Waals surface area (Å²) in [5.74, 6) is 0.324. The number of hydrogen-bond donors (Lipinski definition) is 5. The highest BCUT2D eigenvalue weighted by Crippen LogP contribution is 2.43. The first kappa shape index (κ1) is 30.9. The zero-order valence-electron chi connectivity index (χ0n) is 25.5. The van der Waals surface area contributed by atoms with Gasteiger partial charge in [0, 0.05) is 50.2 Å². The third kappa shape index (κ3) is 6.07. The van der Waals surface area contributed by atoms with Crippen molar-refractivity contribution in [2.75, 3.05) is 33.7 Å². The maximum absolute atomic E-state index is 12.6. The zero-order chi connectivity index (χ0) is 30.4. The standard InChI is InChI=1S/C34H45N7O/c1-22(2)40-33(36)34(15-16-39-21-23(3)41-17-7-8-29(41)20-35)30-13-11-25(24(4)37-5)18-26(30)9-10-27-19-28(32(42)38-6)12-14-31(27)34/h11-14,18-19,22,29,37,39H,3-4,7-10,15-17,21H2,1-2,5-6H3,(H2,36,40)(H,38,42). The van der Waals surface area contributed by atoms with E-state index in [2.05, 4.69) is 77.4 Å². The molecule has 2 aromatic carbocycles. The van der Waals surface area contributed by atoms with Crippen molar-refractivity contribution in [3.8, 4) is 6.07 Å². The molecule has 222 valence electrons. The Morgan fingerprint density at radius 2 is 1.74 bits per heavy atom. The van der Waals surface area contributed by atoms with E-state index in [1.165, 1.54) is 5.56 Å². The monoisotopic (exact) mass is 567 g/mol. The molecule has 2 aromatic rings. The quantitative estimate of drug-likeness (QED) is 0.159. The number of aryl methyl sites for hydroxylation is 2. The Morgan fingerprint density at radius 1 is 1.10 bits per heavy atom. The molecule has 0 saturated carbocycles. The minimum atomic E-state index is -0.761. The van der Waals surface area contributed by atoms with Gasteiger partial charge in [0.1, 0.15) is 11.9 Å². The lowest BCUT2D eigenvalue weighted by Gasteiger charge is -2.39. The molecule has 0 bridgehead atoms. The lowest BCUT2D eigenvalue weighted by Crippen LogP contribution is -2.49. The lowest BCUT2D eigenvalue weighted by atomic mass is 9.68. The van der Waals surface area contributed by atoms with E-state index in [9.17, 15) is 15.5 Å². The molecule has 1 fully saturated rings. The van der Waals surface area contributed by atoms with Crippen LogP contribution in [0.4, 0.5) is 0 Å². The van der Waals surface area contributed by atoms with Crippen LogP contribution in [-0.4, -0.2) is 62.5 Å². The summed E-state index contributed by atoms with van der Waals surface area (Å²) < 4.78 is 0. The predicted molar refractivity (Wildman–Crippen MR) is 171 cm³/mol. The van der Waals surface area contributed by atoms with Gasteiger partial charge in [-0.2, -0.15) is 5.26 Å². The van der Waals surface area contributed by atoms with Gasteiger partial charge in [0.25, 0.3) is 5.91 Å². The van der Waals surface area contributed by atoms with Crippen LogP contribution in [0.3, 0.4) is 0 Å². The summed E-state index contributed by atoms with van der Waals surface area (Å²) >= 11 is 0. The van der Waals surface area contributed by atoms with Crippen molar-refractivity contribution in [3.63, 3.8) is 0 Å². The smallest absolute Gasteiger partial charge is 0.251 e. The van der Waals surface area contributed by atoms with E-state index in [1.807, 2.05) is 25.2 Å². The molecule has 5 N–H and O–H groups in total. The van der Waals surface area contributed by atoms with Crippen LogP contribution in [0.1, 0.15) is 71.3 Å². The number of benzene rings is 2. The molecule has 8 nitrogen and oxygen atoms in total. The molecule has 1 aliphatic carbocycles. The highest BCUT2D eigenvalue weighted by atomic mass is 16.1. The van der Waals surface area contributed by atoms with Crippen molar-refractivity contribution in [1.82, 2.24) is 26.2 Å². The van der Waals surface area contributed by atoms with Crippen LogP contribution in [0.5, 0.6) is 0 Å². The molecule has 0 aromatic heterocycles. The summed E-state index contributed by atoms with van der Waals surface area (Å²) in [6.45, 7) is 14.6. The third-order valence-electron chi connectivity index (χ3n) is 8.61. The normalized spacial score (nSPS) is 19.2. The number of nitriles is 1. The Bertz CT molecular complexity index is 1340. The van der Waals surface area contributed by atoms with Crippen LogP contribution in [0.25, 0.3) is 5.70 Å². The lowest BCUT2D eigenvalue weighted by molar-refractivity contribution is 0.0963. The van der Waals surface area contributed by atoms with E-state index >= 15 is 0 Å². The molecule has 2 aliphatic rings. The SMILES string of the molecule is C=C(NC)c1ccc2c(c1)CCc1cc(C(=O)NC)ccc1C2(CCNCC(=C)N1CCCC1C#N)C(=N)NC(C)C. The topological polar surface area (TPSA) is 116 Å². The fourth-order valence-corrected chi connectivity index (χ4v) is 6.43. The van der Waals surface area contributed by atoms with Gasteiger partial charge in [-0.3, -0.25) is 10.2 Å². The van der Waals surface area contributed by atoms with Crippen molar-refractivity contribution in [2.24, 2.45) is 0 Å². The largest absolute Gasteiger partial charge is 0.388 e. The summed E-state index contributed by atoms with van der Waals surface area (Å²) in [4.78, 5) is 14.7. The molecule has 1 heterocycles. The van der Waals surface area contributed by atoms with Gasteiger partial charge in [-0.15, -0.1) is 0 Å². The van der Waals surface area contributed by atoms with Crippen LogP contribution in [-0.2, 0) is 18.3 Å². The maximum Gasteiger partial charge on any atom is 0.251 e. The summed E-state index contributed by atoms with van der Waals surface area (Å²) in [6.07, 6.45) is 4.06. The Hall–Kier alpha value is -4.09. The molecule has 2 unspecified atom stereocenters. The summed E-state index contributed by atoms with van der Waals surface area (Å²) in [5, 5.41) is 32.0. The molecule has 2 atom stereocenters. The number of carbonyl (C=O) groups excluding carboxylic acids is 1. The van der Waals surface area contributed by atoms with Crippen molar-refractivity contribution in [3.05, 3.63) is 88.6 Å². The number of likely N-dealkylation sites (tertiary alicyclic amines) is 1.